The molecule has 1 unspecified atom stereocenters. The van der Waals surface area contributed by atoms with Crippen LogP contribution in [0.5, 0.6) is 0 Å². The Morgan fingerprint density at radius 1 is 0.929 bits per heavy atom. The summed E-state index contributed by atoms with van der Waals surface area (Å²) in [6.45, 7) is 10.4. The Kier molecular flexibility index (Phi) is 9.49. The molecule has 1 atom stereocenters. The summed E-state index contributed by atoms with van der Waals surface area (Å²) in [6.07, 6.45) is 8.14. The van der Waals surface area contributed by atoms with Crippen molar-refractivity contribution in [1.82, 2.24) is 5.32 Å². The lowest BCUT2D eigenvalue weighted by Crippen LogP contribution is -2.27. The summed E-state index contributed by atoms with van der Waals surface area (Å²) in [6, 6.07) is 0.707. The van der Waals surface area contributed by atoms with Gasteiger partial charge in [-0.1, -0.05) is 40.0 Å². The van der Waals surface area contributed by atoms with E-state index in [1.807, 2.05) is 0 Å². The van der Waals surface area contributed by atoms with Gasteiger partial charge in [0, 0.05) is 6.04 Å². The molecule has 0 heterocycles. The average molecular weight is 199 g/mol. The molecule has 0 spiro atoms. The van der Waals surface area contributed by atoms with Crippen LogP contribution in [-0.4, -0.2) is 12.6 Å². The summed E-state index contributed by atoms with van der Waals surface area (Å²) in [5, 5.41) is 3.60. The predicted octanol–water partition coefficient (Wildman–Crippen LogP) is 3.98. The van der Waals surface area contributed by atoms with E-state index in [2.05, 4.69) is 33.0 Å². The monoisotopic (exact) mass is 199 g/mol. The molecule has 1 N–H and O–H groups in total. The van der Waals surface area contributed by atoms with Crippen LogP contribution >= 0.6 is 0 Å². The van der Waals surface area contributed by atoms with Gasteiger partial charge in [-0.3, -0.25) is 0 Å². The standard InChI is InChI=1S/C13H29N/c1-5-6-7-8-11-14-13(4)10-9-12(2)3/h12-14H,5-11H2,1-4H3. The molecule has 0 saturated heterocycles. The molecule has 0 amide bonds. The summed E-state index contributed by atoms with van der Waals surface area (Å²) >= 11 is 0. The van der Waals surface area contributed by atoms with E-state index in [4.69, 9.17) is 0 Å². The number of hydrogen-bond acceptors (Lipinski definition) is 1. The Morgan fingerprint density at radius 3 is 2.21 bits per heavy atom. The zero-order valence-corrected chi connectivity index (χ0v) is 10.6. The Labute approximate surface area is 90.7 Å². The van der Waals surface area contributed by atoms with E-state index in [1.54, 1.807) is 0 Å². The van der Waals surface area contributed by atoms with E-state index in [1.165, 1.54) is 45.1 Å². The molecule has 1 nitrogen and oxygen atoms in total. The van der Waals surface area contributed by atoms with Crippen molar-refractivity contribution >= 4 is 0 Å². The second kappa shape index (κ2) is 9.51. The minimum Gasteiger partial charge on any atom is -0.314 e. The summed E-state index contributed by atoms with van der Waals surface area (Å²) in [5.41, 5.74) is 0. The minimum atomic E-state index is 0.707. The highest BCUT2D eigenvalue weighted by atomic mass is 14.9. The third kappa shape index (κ3) is 10.0. The van der Waals surface area contributed by atoms with Crippen LogP contribution in [-0.2, 0) is 0 Å². The highest BCUT2D eigenvalue weighted by Crippen LogP contribution is 2.06. The van der Waals surface area contributed by atoms with E-state index in [0.29, 0.717) is 6.04 Å². The molecular formula is C13H29N. The molecular weight excluding hydrogens is 170 g/mol. The molecule has 0 aliphatic heterocycles. The zero-order valence-electron chi connectivity index (χ0n) is 10.6. The van der Waals surface area contributed by atoms with Crippen molar-refractivity contribution in [1.29, 1.82) is 0 Å². The van der Waals surface area contributed by atoms with Gasteiger partial charge >= 0.3 is 0 Å². The average Bonchev–Trinajstić information content (AvgIpc) is 2.14. The molecule has 14 heavy (non-hydrogen) atoms. The van der Waals surface area contributed by atoms with E-state index in [9.17, 15) is 0 Å². The lowest BCUT2D eigenvalue weighted by molar-refractivity contribution is 0.444. The molecule has 1 heteroatoms. The minimum absolute atomic E-state index is 0.707. The number of rotatable bonds is 9. The van der Waals surface area contributed by atoms with Crippen LogP contribution in [0.1, 0.15) is 66.2 Å². The van der Waals surface area contributed by atoms with Crippen molar-refractivity contribution < 1.29 is 0 Å². The maximum Gasteiger partial charge on any atom is 0.00388 e. The summed E-state index contributed by atoms with van der Waals surface area (Å²) < 4.78 is 0. The first-order valence-electron chi connectivity index (χ1n) is 6.40. The van der Waals surface area contributed by atoms with Crippen molar-refractivity contribution in [2.75, 3.05) is 6.54 Å². The normalized spacial score (nSPS) is 13.5. The third-order valence-corrected chi connectivity index (χ3v) is 2.70. The molecule has 0 radical (unpaired) electrons. The Morgan fingerprint density at radius 2 is 1.64 bits per heavy atom. The van der Waals surface area contributed by atoms with E-state index in [0.717, 1.165) is 5.92 Å². The van der Waals surface area contributed by atoms with Gasteiger partial charge in [0.05, 0.1) is 0 Å². The van der Waals surface area contributed by atoms with Crippen molar-refractivity contribution in [3.8, 4) is 0 Å². The molecule has 0 aromatic rings. The summed E-state index contributed by atoms with van der Waals surface area (Å²) in [5.74, 6) is 0.847. The van der Waals surface area contributed by atoms with Crippen LogP contribution in [0.15, 0.2) is 0 Å². The summed E-state index contributed by atoms with van der Waals surface area (Å²) in [7, 11) is 0. The highest BCUT2D eigenvalue weighted by molar-refractivity contribution is 4.61. The van der Waals surface area contributed by atoms with Gasteiger partial charge in [-0.2, -0.15) is 0 Å². The first-order valence-corrected chi connectivity index (χ1v) is 6.40. The van der Waals surface area contributed by atoms with E-state index in [-0.39, 0.29) is 0 Å². The Bertz CT molecular complexity index is 110. The third-order valence-electron chi connectivity index (χ3n) is 2.70. The van der Waals surface area contributed by atoms with Crippen LogP contribution in [0, 0.1) is 5.92 Å². The van der Waals surface area contributed by atoms with Gasteiger partial charge in [-0.15, -0.1) is 0 Å². The Hall–Kier alpha value is -0.0400. The van der Waals surface area contributed by atoms with E-state index >= 15 is 0 Å². The summed E-state index contributed by atoms with van der Waals surface area (Å²) in [4.78, 5) is 0. The van der Waals surface area contributed by atoms with Crippen molar-refractivity contribution in [2.45, 2.75) is 72.3 Å². The number of hydrogen-bond donors (Lipinski definition) is 1. The number of nitrogens with one attached hydrogen (secondary N) is 1. The molecule has 0 bridgehead atoms. The van der Waals surface area contributed by atoms with Gasteiger partial charge in [0.15, 0.2) is 0 Å². The first kappa shape index (κ1) is 14.0. The van der Waals surface area contributed by atoms with Gasteiger partial charge in [-0.05, 0) is 38.6 Å². The molecule has 0 saturated carbocycles. The van der Waals surface area contributed by atoms with Crippen LogP contribution < -0.4 is 5.32 Å². The molecule has 0 aromatic carbocycles. The fraction of sp³-hybridized carbons (Fsp3) is 1.00. The Balaban J connectivity index is 3.14. The predicted molar refractivity (Wildman–Crippen MR) is 65.7 cm³/mol. The molecule has 0 rings (SSSR count). The molecule has 0 fully saturated rings. The van der Waals surface area contributed by atoms with Crippen LogP contribution in [0.25, 0.3) is 0 Å². The second-order valence-electron chi connectivity index (χ2n) is 4.89. The molecule has 0 aliphatic rings. The molecule has 86 valence electrons. The highest BCUT2D eigenvalue weighted by Gasteiger charge is 2.01. The van der Waals surface area contributed by atoms with Crippen LogP contribution in [0.4, 0.5) is 0 Å². The van der Waals surface area contributed by atoms with Gasteiger partial charge in [-0.25, -0.2) is 0 Å². The van der Waals surface area contributed by atoms with Gasteiger partial charge in [0.2, 0.25) is 0 Å². The van der Waals surface area contributed by atoms with Gasteiger partial charge in [0.1, 0.15) is 0 Å². The second-order valence-corrected chi connectivity index (χ2v) is 4.89. The lowest BCUT2D eigenvalue weighted by Gasteiger charge is -2.14. The van der Waals surface area contributed by atoms with Crippen molar-refractivity contribution in [3.05, 3.63) is 0 Å². The SMILES string of the molecule is CCCCCCNC(C)CCC(C)C. The van der Waals surface area contributed by atoms with Crippen molar-refractivity contribution in [3.63, 3.8) is 0 Å². The van der Waals surface area contributed by atoms with Gasteiger partial charge in [0.25, 0.3) is 0 Å². The lowest BCUT2D eigenvalue weighted by atomic mass is 10.0. The quantitative estimate of drug-likeness (QED) is 0.554. The topological polar surface area (TPSA) is 12.0 Å². The maximum absolute atomic E-state index is 3.60. The first-order chi connectivity index (χ1) is 6.66. The maximum atomic E-state index is 3.60. The smallest absolute Gasteiger partial charge is 0.00388 e. The van der Waals surface area contributed by atoms with Crippen LogP contribution in [0.2, 0.25) is 0 Å². The van der Waals surface area contributed by atoms with Crippen LogP contribution in [0.3, 0.4) is 0 Å². The largest absolute Gasteiger partial charge is 0.314 e. The van der Waals surface area contributed by atoms with Gasteiger partial charge < -0.3 is 5.32 Å². The van der Waals surface area contributed by atoms with Crippen molar-refractivity contribution in [2.24, 2.45) is 5.92 Å². The molecule has 0 aliphatic carbocycles. The van der Waals surface area contributed by atoms with E-state index < -0.39 is 0 Å². The fourth-order valence-corrected chi connectivity index (χ4v) is 1.59. The fourth-order valence-electron chi connectivity index (χ4n) is 1.59. The number of unbranched alkanes of at least 4 members (excludes halogenated alkanes) is 3. The molecule has 0 aromatic heterocycles. The zero-order chi connectivity index (χ0) is 10.8.